The van der Waals surface area contributed by atoms with Gasteiger partial charge in [-0.15, -0.1) is 0 Å². The number of methoxy groups -OCH3 is 1. The molecule has 0 N–H and O–H groups in total. The van der Waals surface area contributed by atoms with Gasteiger partial charge in [0.05, 0.1) is 7.11 Å². The van der Waals surface area contributed by atoms with E-state index in [9.17, 15) is 0 Å². The number of halogens is 1. The van der Waals surface area contributed by atoms with Crippen LogP contribution in [0.2, 0.25) is 0 Å². The van der Waals surface area contributed by atoms with Crippen LogP contribution in [0.3, 0.4) is 0 Å². The Bertz CT molecular complexity index is 694. The molecule has 3 nitrogen and oxygen atoms in total. The largest absolute Gasteiger partial charge is 0.481 e. The van der Waals surface area contributed by atoms with Crippen molar-refractivity contribution in [3.63, 3.8) is 0 Å². The molecule has 0 unspecified atom stereocenters. The number of hydrogen-bond acceptors (Lipinski definition) is 3. The van der Waals surface area contributed by atoms with Gasteiger partial charge in [-0.3, -0.25) is 4.90 Å². The summed E-state index contributed by atoms with van der Waals surface area (Å²) in [7, 11) is 1.69. The Balaban J connectivity index is 1.52. The first kappa shape index (κ1) is 17.2. The van der Waals surface area contributed by atoms with Gasteiger partial charge in [0.25, 0.3) is 0 Å². The van der Waals surface area contributed by atoms with Gasteiger partial charge < -0.3 is 4.74 Å². The molecule has 0 saturated carbocycles. The zero-order chi connectivity index (χ0) is 16.8. The Morgan fingerprint density at radius 1 is 1.25 bits per heavy atom. The maximum atomic E-state index is 5.35. The summed E-state index contributed by atoms with van der Waals surface area (Å²) in [6.45, 7) is 3.15. The lowest BCUT2D eigenvalue weighted by molar-refractivity contribution is 0.193. The number of rotatable bonds is 5. The fourth-order valence-corrected chi connectivity index (χ4v) is 3.55. The second-order valence-electron chi connectivity index (χ2n) is 6.20. The van der Waals surface area contributed by atoms with Crippen molar-refractivity contribution in [2.75, 3.05) is 20.2 Å². The fraction of sp³-hybridized carbons (Fsp3) is 0.350. The molecule has 0 aliphatic carbocycles. The summed E-state index contributed by atoms with van der Waals surface area (Å²) >= 11 is 3.52. The Hall–Kier alpha value is -1.65. The maximum absolute atomic E-state index is 5.35. The van der Waals surface area contributed by atoms with Crippen molar-refractivity contribution < 1.29 is 4.74 Å². The van der Waals surface area contributed by atoms with Crippen molar-refractivity contribution in [2.45, 2.75) is 19.4 Å². The predicted octanol–water partition coefficient (Wildman–Crippen LogP) is 4.78. The third-order valence-corrected chi connectivity index (χ3v) is 4.97. The molecule has 126 valence electrons. The Morgan fingerprint density at radius 3 is 2.83 bits per heavy atom. The third kappa shape index (κ3) is 4.68. The van der Waals surface area contributed by atoms with E-state index in [-0.39, 0.29) is 0 Å². The van der Waals surface area contributed by atoms with Crippen molar-refractivity contribution in [3.8, 4) is 5.88 Å². The zero-order valence-electron chi connectivity index (χ0n) is 14.0. The first-order valence-electron chi connectivity index (χ1n) is 8.38. The minimum absolute atomic E-state index is 0.663. The van der Waals surface area contributed by atoms with Gasteiger partial charge in [-0.25, -0.2) is 4.98 Å². The molecular weight excluding hydrogens is 364 g/mol. The van der Waals surface area contributed by atoms with Crippen LogP contribution in [0.4, 0.5) is 0 Å². The molecule has 1 saturated heterocycles. The predicted molar refractivity (Wildman–Crippen MR) is 102 cm³/mol. The number of benzene rings is 1. The summed E-state index contributed by atoms with van der Waals surface area (Å²) in [6, 6.07) is 12.5. The zero-order valence-corrected chi connectivity index (χ0v) is 15.6. The van der Waals surface area contributed by atoms with E-state index in [0.717, 1.165) is 30.0 Å². The second kappa shape index (κ2) is 8.45. The highest BCUT2D eigenvalue weighted by Crippen LogP contribution is 2.23. The van der Waals surface area contributed by atoms with Crippen LogP contribution >= 0.6 is 15.9 Å². The van der Waals surface area contributed by atoms with Crippen LogP contribution in [-0.2, 0) is 6.54 Å². The van der Waals surface area contributed by atoms with E-state index in [1.165, 1.54) is 24.0 Å². The maximum Gasteiger partial charge on any atom is 0.217 e. The van der Waals surface area contributed by atoms with E-state index in [4.69, 9.17) is 4.74 Å². The van der Waals surface area contributed by atoms with Crippen molar-refractivity contribution in [3.05, 3.63) is 64.3 Å². The summed E-state index contributed by atoms with van der Waals surface area (Å²) in [4.78, 5) is 6.77. The minimum Gasteiger partial charge on any atom is -0.481 e. The Morgan fingerprint density at radius 2 is 2.08 bits per heavy atom. The van der Waals surface area contributed by atoms with Gasteiger partial charge in [-0.2, -0.15) is 0 Å². The van der Waals surface area contributed by atoms with E-state index >= 15 is 0 Å². The molecule has 1 aliphatic rings. The highest BCUT2D eigenvalue weighted by atomic mass is 79.9. The topological polar surface area (TPSA) is 25.4 Å². The summed E-state index contributed by atoms with van der Waals surface area (Å²) in [5.41, 5.74) is 2.43. The Labute approximate surface area is 152 Å². The number of nitrogens with zero attached hydrogens (tertiary/aromatic N) is 2. The molecule has 2 heterocycles. The number of hydrogen-bond donors (Lipinski definition) is 0. The normalized spacial score (nSPS) is 16.6. The van der Waals surface area contributed by atoms with Crippen LogP contribution in [0.5, 0.6) is 5.88 Å². The van der Waals surface area contributed by atoms with Crippen molar-refractivity contribution in [1.82, 2.24) is 9.88 Å². The summed E-state index contributed by atoms with van der Waals surface area (Å²) in [5.74, 6) is 1.41. The monoisotopic (exact) mass is 386 g/mol. The molecule has 4 heteroatoms. The van der Waals surface area contributed by atoms with E-state index in [1.807, 2.05) is 6.07 Å². The van der Waals surface area contributed by atoms with Gasteiger partial charge in [-0.05, 0) is 55.6 Å². The highest BCUT2D eigenvalue weighted by Gasteiger charge is 2.18. The summed E-state index contributed by atoms with van der Waals surface area (Å²) < 4.78 is 6.48. The summed E-state index contributed by atoms with van der Waals surface area (Å²) in [6.07, 6.45) is 8.79. The van der Waals surface area contributed by atoms with E-state index < -0.39 is 0 Å². The number of piperidine rings is 1. The number of ether oxygens (including phenoxy) is 1. The number of likely N-dealkylation sites (tertiary alicyclic amines) is 1. The van der Waals surface area contributed by atoms with E-state index in [0.29, 0.717) is 5.92 Å². The smallest absolute Gasteiger partial charge is 0.217 e. The average molecular weight is 387 g/mol. The van der Waals surface area contributed by atoms with Crippen LogP contribution in [-0.4, -0.2) is 30.1 Å². The van der Waals surface area contributed by atoms with Crippen molar-refractivity contribution >= 4 is 22.0 Å². The van der Waals surface area contributed by atoms with Gasteiger partial charge in [0, 0.05) is 22.8 Å². The van der Waals surface area contributed by atoms with Gasteiger partial charge in [0.1, 0.15) is 0 Å². The highest BCUT2D eigenvalue weighted by molar-refractivity contribution is 9.10. The number of pyridine rings is 1. The van der Waals surface area contributed by atoms with Crippen LogP contribution in [0, 0.1) is 5.92 Å². The van der Waals surface area contributed by atoms with Gasteiger partial charge in [0.15, 0.2) is 0 Å². The summed E-state index contributed by atoms with van der Waals surface area (Å²) in [5, 5.41) is 0. The van der Waals surface area contributed by atoms with Gasteiger partial charge in [-0.1, -0.05) is 46.3 Å². The molecular formula is C20H23BrN2O. The van der Waals surface area contributed by atoms with E-state index in [2.05, 4.69) is 68.3 Å². The number of allylic oxidation sites excluding steroid dienone is 1. The Kier molecular flexibility index (Phi) is 6.05. The second-order valence-corrected chi connectivity index (χ2v) is 7.12. The quantitative estimate of drug-likeness (QED) is 0.739. The van der Waals surface area contributed by atoms with Crippen molar-refractivity contribution in [1.29, 1.82) is 0 Å². The number of aromatic nitrogens is 1. The molecule has 24 heavy (non-hydrogen) atoms. The third-order valence-electron chi connectivity index (χ3n) is 4.48. The molecule has 1 aliphatic heterocycles. The van der Waals surface area contributed by atoms with E-state index in [1.54, 1.807) is 13.3 Å². The lowest BCUT2D eigenvalue weighted by atomic mass is 9.95. The van der Waals surface area contributed by atoms with Crippen LogP contribution in [0.25, 0.3) is 6.08 Å². The van der Waals surface area contributed by atoms with Crippen LogP contribution in [0.1, 0.15) is 24.0 Å². The van der Waals surface area contributed by atoms with Crippen LogP contribution < -0.4 is 4.74 Å². The molecule has 0 radical (unpaired) electrons. The van der Waals surface area contributed by atoms with Crippen molar-refractivity contribution in [2.24, 2.45) is 5.92 Å². The molecule has 1 fully saturated rings. The standard InChI is InChI=1S/C20H23BrN2O/c1-24-20-18(5-3-11-22-20)15-23-12-9-16(10-13-23)7-8-17-4-2-6-19(21)14-17/h2-8,11,14,16H,9-10,12-13,15H2,1H3. The molecule has 1 aromatic carbocycles. The van der Waals surface area contributed by atoms with Gasteiger partial charge >= 0.3 is 0 Å². The molecule has 0 amide bonds. The van der Waals surface area contributed by atoms with Crippen LogP contribution in [0.15, 0.2) is 53.1 Å². The minimum atomic E-state index is 0.663. The first-order valence-corrected chi connectivity index (χ1v) is 9.18. The molecule has 0 bridgehead atoms. The lowest BCUT2D eigenvalue weighted by Crippen LogP contribution is -2.32. The molecule has 1 aromatic heterocycles. The molecule has 3 rings (SSSR count). The fourth-order valence-electron chi connectivity index (χ4n) is 3.13. The molecule has 0 atom stereocenters. The molecule has 0 spiro atoms. The lowest BCUT2D eigenvalue weighted by Gasteiger charge is -2.30. The average Bonchev–Trinajstić information content (AvgIpc) is 2.62. The van der Waals surface area contributed by atoms with Gasteiger partial charge in [0.2, 0.25) is 5.88 Å². The SMILES string of the molecule is COc1ncccc1CN1CCC(C=Cc2cccc(Br)c2)CC1. The first-order chi connectivity index (χ1) is 11.7. The molecule has 2 aromatic rings.